The SMILES string of the molecule is C1=CC(C2CCC2)=C[N]1. The molecule has 1 nitrogen and oxygen atoms in total. The summed E-state index contributed by atoms with van der Waals surface area (Å²) < 4.78 is 0. The van der Waals surface area contributed by atoms with Crippen molar-refractivity contribution in [1.29, 1.82) is 0 Å². The highest BCUT2D eigenvalue weighted by Gasteiger charge is 2.21. The molecule has 0 spiro atoms. The lowest BCUT2D eigenvalue weighted by Crippen LogP contribution is -2.11. The number of hydrogen-bond acceptors (Lipinski definition) is 0. The van der Waals surface area contributed by atoms with Gasteiger partial charge in [0.15, 0.2) is 0 Å². The summed E-state index contributed by atoms with van der Waals surface area (Å²) in [6.45, 7) is 0. The highest BCUT2D eigenvalue weighted by molar-refractivity contribution is 5.27. The van der Waals surface area contributed by atoms with Crippen molar-refractivity contribution in [1.82, 2.24) is 5.32 Å². The van der Waals surface area contributed by atoms with Gasteiger partial charge < -0.3 is 0 Å². The van der Waals surface area contributed by atoms with E-state index in [2.05, 4.69) is 11.4 Å². The second-order valence-corrected chi connectivity index (χ2v) is 2.72. The zero-order valence-corrected chi connectivity index (χ0v) is 5.38. The van der Waals surface area contributed by atoms with Gasteiger partial charge in [-0.3, -0.25) is 5.32 Å². The van der Waals surface area contributed by atoms with Gasteiger partial charge >= 0.3 is 0 Å². The van der Waals surface area contributed by atoms with E-state index in [4.69, 9.17) is 0 Å². The molecule has 9 heavy (non-hydrogen) atoms. The molecule has 1 saturated carbocycles. The third kappa shape index (κ3) is 0.766. The van der Waals surface area contributed by atoms with Crippen molar-refractivity contribution in [2.24, 2.45) is 5.92 Å². The van der Waals surface area contributed by atoms with Crippen LogP contribution < -0.4 is 5.32 Å². The zero-order chi connectivity index (χ0) is 6.10. The van der Waals surface area contributed by atoms with Gasteiger partial charge in [0.05, 0.1) is 0 Å². The first kappa shape index (κ1) is 5.10. The molecule has 1 heteroatoms. The van der Waals surface area contributed by atoms with Crippen LogP contribution in [0.25, 0.3) is 0 Å². The van der Waals surface area contributed by atoms with Crippen LogP contribution in [0, 0.1) is 5.92 Å². The van der Waals surface area contributed by atoms with Crippen molar-refractivity contribution in [3.05, 3.63) is 24.0 Å². The molecule has 0 atom stereocenters. The van der Waals surface area contributed by atoms with E-state index in [1.165, 1.54) is 24.8 Å². The molecule has 0 saturated heterocycles. The maximum absolute atomic E-state index is 4.03. The molecule has 2 rings (SSSR count). The van der Waals surface area contributed by atoms with Gasteiger partial charge in [0.2, 0.25) is 0 Å². The van der Waals surface area contributed by atoms with E-state index in [0.717, 1.165) is 5.92 Å². The molecule has 47 valence electrons. The van der Waals surface area contributed by atoms with Crippen molar-refractivity contribution >= 4 is 0 Å². The zero-order valence-electron chi connectivity index (χ0n) is 5.38. The summed E-state index contributed by atoms with van der Waals surface area (Å²) in [6.07, 6.45) is 10.2. The van der Waals surface area contributed by atoms with Crippen molar-refractivity contribution in [3.8, 4) is 0 Å². The minimum Gasteiger partial charge on any atom is -0.264 e. The van der Waals surface area contributed by atoms with Crippen molar-refractivity contribution in [2.45, 2.75) is 19.3 Å². The van der Waals surface area contributed by atoms with Crippen LogP contribution in [0.5, 0.6) is 0 Å². The van der Waals surface area contributed by atoms with Gasteiger partial charge in [0.25, 0.3) is 0 Å². The first-order valence-corrected chi connectivity index (χ1v) is 3.53. The van der Waals surface area contributed by atoms with Crippen LogP contribution >= 0.6 is 0 Å². The van der Waals surface area contributed by atoms with Gasteiger partial charge in [-0.15, -0.1) is 0 Å². The normalized spacial score (nSPS) is 25.1. The van der Waals surface area contributed by atoms with Crippen LogP contribution in [0.1, 0.15) is 19.3 Å². The largest absolute Gasteiger partial charge is 0.264 e. The summed E-state index contributed by atoms with van der Waals surface area (Å²) in [4.78, 5) is 0. The lowest BCUT2D eigenvalue weighted by molar-refractivity contribution is 0.374. The van der Waals surface area contributed by atoms with E-state index in [-0.39, 0.29) is 0 Å². The predicted molar refractivity (Wildman–Crippen MR) is 36.7 cm³/mol. The quantitative estimate of drug-likeness (QED) is 0.501. The van der Waals surface area contributed by atoms with E-state index in [9.17, 15) is 0 Å². The maximum atomic E-state index is 4.03. The van der Waals surface area contributed by atoms with Gasteiger partial charge in [-0.1, -0.05) is 6.42 Å². The molecular formula is C8H10N. The first-order chi connectivity index (χ1) is 4.47. The van der Waals surface area contributed by atoms with Crippen LogP contribution in [0.2, 0.25) is 0 Å². The minimum absolute atomic E-state index is 0.854. The standard InChI is InChI=1S/C8H10N/c1-2-7(3-1)8-4-5-9-6-8/h4-7H,1-3H2. The van der Waals surface area contributed by atoms with E-state index in [1.807, 2.05) is 12.4 Å². The second-order valence-electron chi connectivity index (χ2n) is 2.72. The first-order valence-electron chi connectivity index (χ1n) is 3.53. The Balaban J connectivity index is 2.03. The van der Waals surface area contributed by atoms with Crippen molar-refractivity contribution in [2.75, 3.05) is 0 Å². The number of hydrogen-bond donors (Lipinski definition) is 0. The van der Waals surface area contributed by atoms with Crippen LogP contribution in [0.3, 0.4) is 0 Å². The number of allylic oxidation sites excluding steroid dienone is 2. The van der Waals surface area contributed by atoms with Crippen LogP contribution in [-0.2, 0) is 0 Å². The second kappa shape index (κ2) is 1.90. The monoisotopic (exact) mass is 120 g/mol. The lowest BCUT2D eigenvalue weighted by atomic mass is 9.80. The molecule has 0 bridgehead atoms. The number of nitrogens with zero attached hydrogens (tertiary/aromatic N) is 1. The van der Waals surface area contributed by atoms with Gasteiger partial charge in [-0.05, 0) is 30.4 Å². The Bertz CT molecular complexity index is 163. The maximum Gasteiger partial charge on any atom is 0.0303 e. The van der Waals surface area contributed by atoms with Gasteiger partial charge in [0.1, 0.15) is 0 Å². The Morgan fingerprint density at radius 1 is 1.44 bits per heavy atom. The van der Waals surface area contributed by atoms with Crippen molar-refractivity contribution in [3.63, 3.8) is 0 Å². The van der Waals surface area contributed by atoms with Gasteiger partial charge in [-0.2, -0.15) is 0 Å². The van der Waals surface area contributed by atoms with Crippen LogP contribution in [0.4, 0.5) is 0 Å². The summed E-state index contributed by atoms with van der Waals surface area (Å²) in [5, 5.41) is 4.03. The van der Waals surface area contributed by atoms with Gasteiger partial charge in [-0.25, -0.2) is 0 Å². The van der Waals surface area contributed by atoms with Crippen molar-refractivity contribution < 1.29 is 0 Å². The van der Waals surface area contributed by atoms with E-state index >= 15 is 0 Å². The summed E-state index contributed by atoms with van der Waals surface area (Å²) in [5.74, 6) is 0.854. The smallest absolute Gasteiger partial charge is 0.0303 e. The van der Waals surface area contributed by atoms with E-state index < -0.39 is 0 Å². The Hall–Kier alpha value is -0.720. The minimum atomic E-state index is 0.854. The molecule has 2 aliphatic rings. The average molecular weight is 120 g/mol. The molecular weight excluding hydrogens is 110 g/mol. The molecule has 0 amide bonds. The summed E-state index contributed by atoms with van der Waals surface area (Å²) in [6, 6.07) is 0. The van der Waals surface area contributed by atoms with Gasteiger partial charge in [0, 0.05) is 12.4 Å². The molecule has 0 N–H and O–H groups in total. The molecule has 0 aromatic carbocycles. The topological polar surface area (TPSA) is 14.1 Å². The molecule has 0 unspecified atom stereocenters. The van der Waals surface area contributed by atoms with E-state index in [1.54, 1.807) is 0 Å². The fraction of sp³-hybridized carbons (Fsp3) is 0.500. The van der Waals surface area contributed by atoms with Crippen LogP contribution in [0.15, 0.2) is 24.0 Å². The average Bonchev–Trinajstić information content (AvgIpc) is 2.11. The Morgan fingerprint density at radius 3 is 2.78 bits per heavy atom. The third-order valence-corrected chi connectivity index (χ3v) is 2.15. The fourth-order valence-electron chi connectivity index (χ4n) is 1.28. The summed E-state index contributed by atoms with van der Waals surface area (Å²) in [7, 11) is 0. The third-order valence-electron chi connectivity index (χ3n) is 2.15. The molecule has 1 heterocycles. The summed E-state index contributed by atoms with van der Waals surface area (Å²) in [5.41, 5.74) is 1.45. The molecule has 1 radical (unpaired) electrons. The molecule has 1 aliphatic heterocycles. The highest BCUT2D eigenvalue weighted by atomic mass is 14.8. The summed E-state index contributed by atoms with van der Waals surface area (Å²) >= 11 is 0. The highest BCUT2D eigenvalue weighted by Crippen LogP contribution is 2.34. The molecule has 1 aliphatic carbocycles. The molecule has 0 aromatic heterocycles. The Labute approximate surface area is 55.5 Å². The Kier molecular flexibility index (Phi) is 1.08. The van der Waals surface area contributed by atoms with Crippen LogP contribution in [-0.4, -0.2) is 0 Å². The molecule has 0 aromatic rings. The van der Waals surface area contributed by atoms with E-state index in [0.29, 0.717) is 0 Å². The number of rotatable bonds is 1. The fourth-order valence-corrected chi connectivity index (χ4v) is 1.28. The molecule has 1 fully saturated rings. The Morgan fingerprint density at radius 2 is 2.33 bits per heavy atom. The predicted octanol–water partition coefficient (Wildman–Crippen LogP) is 1.80. The lowest BCUT2D eigenvalue weighted by Gasteiger charge is -2.24.